The van der Waals surface area contributed by atoms with E-state index in [9.17, 15) is 9.59 Å². The molecule has 0 saturated carbocycles. The maximum atomic E-state index is 11.8. The van der Waals surface area contributed by atoms with Crippen LogP contribution >= 0.6 is 0 Å². The molecule has 140 valence electrons. The van der Waals surface area contributed by atoms with Gasteiger partial charge in [0.2, 0.25) is 0 Å². The summed E-state index contributed by atoms with van der Waals surface area (Å²) in [5.41, 5.74) is 1.88. The average Bonchev–Trinajstić information content (AvgIpc) is 2.61. The second kappa shape index (κ2) is 13.6. The molecule has 1 aromatic carbocycles. The van der Waals surface area contributed by atoms with Crippen molar-refractivity contribution in [2.45, 2.75) is 90.4 Å². The summed E-state index contributed by atoms with van der Waals surface area (Å²) in [6.45, 7) is 2.25. The standard InChI is InChI=1S/C22H34O3/c1-2-3-4-5-6-7-8-9-10-11-12-19-13-15-20(16-14-19)21(23)17-18-22(24)25/h13-16H,2-12,17-18H2,1H3,(H,24,25). The number of carbonyl (C=O) groups excluding carboxylic acids is 1. The number of ketones is 1. The minimum atomic E-state index is -0.925. The lowest BCUT2D eigenvalue weighted by Gasteiger charge is -2.04. The van der Waals surface area contributed by atoms with Gasteiger partial charge in [-0.05, 0) is 18.4 Å². The summed E-state index contributed by atoms with van der Waals surface area (Å²) in [4.78, 5) is 22.3. The smallest absolute Gasteiger partial charge is 0.303 e. The van der Waals surface area contributed by atoms with Crippen LogP contribution in [0.4, 0.5) is 0 Å². The van der Waals surface area contributed by atoms with Crippen LogP contribution < -0.4 is 0 Å². The normalized spacial score (nSPS) is 10.8. The summed E-state index contributed by atoms with van der Waals surface area (Å²) in [6, 6.07) is 7.66. The monoisotopic (exact) mass is 346 g/mol. The number of aliphatic carboxylic acids is 1. The molecule has 1 aromatic rings. The highest BCUT2D eigenvalue weighted by Gasteiger charge is 2.08. The van der Waals surface area contributed by atoms with Crippen LogP contribution in [0.5, 0.6) is 0 Å². The zero-order valence-corrected chi connectivity index (χ0v) is 15.8. The number of carboxylic acids is 1. The molecule has 0 aromatic heterocycles. The van der Waals surface area contributed by atoms with Gasteiger partial charge in [-0.3, -0.25) is 9.59 Å². The highest BCUT2D eigenvalue weighted by Crippen LogP contribution is 2.14. The minimum absolute atomic E-state index is 0.0765. The van der Waals surface area contributed by atoms with Crippen molar-refractivity contribution in [2.24, 2.45) is 0 Å². The molecule has 0 bridgehead atoms. The first-order valence-corrected chi connectivity index (χ1v) is 9.97. The Labute approximate surface area is 152 Å². The van der Waals surface area contributed by atoms with Gasteiger partial charge < -0.3 is 5.11 Å². The van der Waals surface area contributed by atoms with Gasteiger partial charge in [0.25, 0.3) is 0 Å². The molecule has 0 radical (unpaired) electrons. The van der Waals surface area contributed by atoms with E-state index in [4.69, 9.17) is 5.11 Å². The molecule has 0 unspecified atom stereocenters. The second-order valence-electron chi connectivity index (χ2n) is 6.95. The lowest BCUT2D eigenvalue weighted by molar-refractivity contribution is -0.136. The number of carboxylic acid groups (broad SMARTS) is 1. The maximum absolute atomic E-state index is 11.8. The molecule has 0 fully saturated rings. The van der Waals surface area contributed by atoms with Gasteiger partial charge in [0, 0.05) is 12.0 Å². The van der Waals surface area contributed by atoms with Crippen LogP contribution in [-0.4, -0.2) is 16.9 Å². The zero-order chi connectivity index (χ0) is 18.3. The lowest BCUT2D eigenvalue weighted by Crippen LogP contribution is -2.03. The number of rotatable bonds is 15. The molecule has 0 aliphatic carbocycles. The van der Waals surface area contributed by atoms with Crippen molar-refractivity contribution in [3.05, 3.63) is 35.4 Å². The van der Waals surface area contributed by atoms with Gasteiger partial charge in [0.05, 0.1) is 6.42 Å². The van der Waals surface area contributed by atoms with Gasteiger partial charge in [-0.15, -0.1) is 0 Å². The molecule has 0 heterocycles. The van der Waals surface area contributed by atoms with E-state index in [1.54, 1.807) is 0 Å². The van der Waals surface area contributed by atoms with E-state index in [2.05, 4.69) is 6.92 Å². The Morgan fingerprint density at radius 2 is 1.28 bits per heavy atom. The molecule has 0 aliphatic rings. The fourth-order valence-electron chi connectivity index (χ4n) is 3.04. The van der Waals surface area contributed by atoms with Gasteiger partial charge in [-0.1, -0.05) is 89.0 Å². The van der Waals surface area contributed by atoms with Crippen LogP contribution in [0, 0.1) is 0 Å². The lowest BCUT2D eigenvalue weighted by atomic mass is 10.0. The van der Waals surface area contributed by atoms with Crippen molar-refractivity contribution in [1.82, 2.24) is 0 Å². The third-order valence-electron chi connectivity index (χ3n) is 4.66. The highest BCUT2D eigenvalue weighted by molar-refractivity contribution is 5.97. The topological polar surface area (TPSA) is 54.4 Å². The van der Waals surface area contributed by atoms with Gasteiger partial charge in [0.1, 0.15) is 0 Å². The van der Waals surface area contributed by atoms with E-state index >= 15 is 0 Å². The zero-order valence-electron chi connectivity index (χ0n) is 15.8. The summed E-state index contributed by atoms with van der Waals surface area (Å²) in [6.07, 6.45) is 14.4. The number of aryl methyl sites for hydroxylation is 1. The van der Waals surface area contributed by atoms with Crippen molar-refractivity contribution in [3.8, 4) is 0 Å². The number of Topliss-reactive ketones (excluding diaryl/α,β-unsaturated/α-hetero) is 1. The molecule has 0 amide bonds. The summed E-state index contributed by atoms with van der Waals surface area (Å²) >= 11 is 0. The quantitative estimate of drug-likeness (QED) is 0.304. The number of hydrogen-bond acceptors (Lipinski definition) is 2. The number of carbonyl (C=O) groups is 2. The third kappa shape index (κ3) is 10.8. The van der Waals surface area contributed by atoms with E-state index in [0.717, 1.165) is 6.42 Å². The molecule has 3 nitrogen and oxygen atoms in total. The first-order valence-electron chi connectivity index (χ1n) is 9.97. The Morgan fingerprint density at radius 1 is 0.760 bits per heavy atom. The molecule has 1 rings (SSSR count). The predicted octanol–water partition coefficient (Wildman–Crippen LogP) is 6.20. The number of benzene rings is 1. The maximum Gasteiger partial charge on any atom is 0.303 e. The molecule has 3 heteroatoms. The second-order valence-corrected chi connectivity index (χ2v) is 6.95. The molecule has 0 atom stereocenters. The predicted molar refractivity (Wildman–Crippen MR) is 103 cm³/mol. The van der Waals surface area contributed by atoms with E-state index in [1.165, 1.54) is 69.8 Å². The number of unbranched alkanes of at least 4 members (excludes halogenated alkanes) is 9. The van der Waals surface area contributed by atoms with E-state index in [0.29, 0.717) is 5.56 Å². The van der Waals surface area contributed by atoms with E-state index in [1.807, 2.05) is 24.3 Å². The van der Waals surface area contributed by atoms with Crippen LogP contribution in [0.25, 0.3) is 0 Å². The fraction of sp³-hybridized carbons (Fsp3) is 0.636. The minimum Gasteiger partial charge on any atom is -0.481 e. The SMILES string of the molecule is CCCCCCCCCCCCc1ccc(C(=O)CCC(=O)O)cc1. The van der Waals surface area contributed by atoms with Crippen molar-refractivity contribution in [2.75, 3.05) is 0 Å². The summed E-state index contributed by atoms with van der Waals surface area (Å²) in [5, 5.41) is 8.62. The van der Waals surface area contributed by atoms with Crippen molar-refractivity contribution >= 4 is 11.8 Å². The molecule has 0 saturated heterocycles. The first kappa shape index (κ1) is 21.4. The summed E-state index contributed by atoms with van der Waals surface area (Å²) < 4.78 is 0. The molecule has 0 aliphatic heterocycles. The average molecular weight is 347 g/mol. The van der Waals surface area contributed by atoms with Crippen LogP contribution in [0.2, 0.25) is 0 Å². The Hall–Kier alpha value is -1.64. The largest absolute Gasteiger partial charge is 0.481 e. The van der Waals surface area contributed by atoms with Crippen LogP contribution in [0.15, 0.2) is 24.3 Å². The van der Waals surface area contributed by atoms with Gasteiger partial charge >= 0.3 is 5.97 Å². The first-order chi connectivity index (χ1) is 12.1. The van der Waals surface area contributed by atoms with Crippen molar-refractivity contribution < 1.29 is 14.7 Å². The molecule has 1 N–H and O–H groups in total. The number of hydrogen-bond donors (Lipinski definition) is 1. The van der Waals surface area contributed by atoms with Gasteiger partial charge in [0.15, 0.2) is 5.78 Å². The van der Waals surface area contributed by atoms with Crippen molar-refractivity contribution in [1.29, 1.82) is 0 Å². The van der Waals surface area contributed by atoms with E-state index < -0.39 is 5.97 Å². The van der Waals surface area contributed by atoms with Gasteiger partial charge in [-0.25, -0.2) is 0 Å². The molecular formula is C22H34O3. The Balaban J connectivity index is 2.09. The molecular weight excluding hydrogens is 312 g/mol. The van der Waals surface area contributed by atoms with Crippen LogP contribution in [-0.2, 0) is 11.2 Å². The third-order valence-corrected chi connectivity index (χ3v) is 4.66. The Kier molecular flexibility index (Phi) is 11.7. The summed E-state index contributed by atoms with van der Waals surface area (Å²) in [7, 11) is 0. The Bertz CT molecular complexity index is 490. The Morgan fingerprint density at radius 3 is 1.80 bits per heavy atom. The van der Waals surface area contributed by atoms with Crippen LogP contribution in [0.1, 0.15) is 99.9 Å². The van der Waals surface area contributed by atoms with Crippen LogP contribution in [0.3, 0.4) is 0 Å². The van der Waals surface area contributed by atoms with Gasteiger partial charge in [-0.2, -0.15) is 0 Å². The highest BCUT2D eigenvalue weighted by atomic mass is 16.4. The van der Waals surface area contributed by atoms with Crippen molar-refractivity contribution in [3.63, 3.8) is 0 Å². The fourth-order valence-corrected chi connectivity index (χ4v) is 3.04. The van der Waals surface area contributed by atoms with E-state index in [-0.39, 0.29) is 18.6 Å². The summed E-state index contributed by atoms with van der Waals surface area (Å²) in [5.74, 6) is -1.01. The molecule has 25 heavy (non-hydrogen) atoms. The molecule has 0 spiro atoms.